The average Bonchev–Trinajstić information content (AvgIpc) is 3.22. The number of hydrogen-bond acceptors (Lipinski definition) is 4. The van der Waals surface area contributed by atoms with Gasteiger partial charge in [-0.05, 0) is 55.0 Å². The Bertz CT molecular complexity index is 1110. The zero-order valence-corrected chi connectivity index (χ0v) is 22.8. The van der Waals surface area contributed by atoms with Crippen molar-refractivity contribution in [2.24, 2.45) is 11.8 Å². The Labute approximate surface area is 223 Å². The Morgan fingerprint density at radius 2 is 1.86 bits per heavy atom. The smallest absolute Gasteiger partial charge is 0.308 e. The van der Waals surface area contributed by atoms with Crippen molar-refractivity contribution >= 4 is 63.3 Å². The maximum atomic E-state index is 14.0. The van der Waals surface area contributed by atoms with Gasteiger partial charge >= 0.3 is 5.97 Å². The second-order valence-electron chi connectivity index (χ2n) is 9.70. The summed E-state index contributed by atoms with van der Waals surface area (Å²) in [6, 6.07) is 14.2. The van der Waals surface area contributed by atoms with Crippen LogP contribution in [0, 0.1) is 11.8 Å². The summed E-state index contributed by atoms with van der Waals surface area (Å²) in [5.74, 6) is -1.03. The summed E-state index contributed by atoms with van der Waals surface area (Å²) in [4.78, 5) is 14.6. The van der Waals surface area contributed by atoms with Crippen LogP contribution >= 0.6 is 35.0 Å². The normalized spacial score (nSPS) is 30.1. The summed E-state index contributed by atoms with van der Waals surface area (Å²) in [5.41, 5.74) is 2.72. The second kappa shape index (κ2) is 10.6. The lowest BCUT2D eigenvalue weighted by atomic mass is 9.83. The number of halogens is 2. The van der Waals surface area contributed by atoms with Gasteiger partial charge in [0.05, 0.1) is 21.2 Å². The van der Waals surface area contributed by atoms with E-state index in [4.69, 9.17) is 23.2 Å². The number of benzene rings is 2. The number of anilines is 2. The van der Waals surface area contributed by atoms with Crippen molar-refractivity contribution < 1.29 is 14.1 Å². The number of thioether (sulfide) groups is 1. The fourth-order valence-corrected chi connectivity index (χ4v) is 9.41. The summed E-state index contributed by atoms with van der Waals surface area (Å²) in [7, 11) is 0.600. The van der Waals surface area contributed by atoms with Gasteiger partial charge in [0.15, 0.2) is 0 Å². The molecule has 1 aliphatic carbocycles. The fraction of sp³-hybridized carbons (Fsp3) is 0.500. The number of para-hydroxylation sites is 1. The molecule has 0 aromatic heterocycles. The molecule has 2 aliphatic heterocycles. The van der Waals surface area contributed by atoms with Crippen molar-refractivity contribution in [1.82, 2.24) is 4.31 Å². The predicted octanol–water partition coefficient (Wildman–Crippen LogP) is 6.84. The molecule has 2 fully saturated rings. The third-order valence-corrected chi connectivity index (χ3v) is 11.5. The van der Waals surface area contributed by atoms with Gasteiger partial charge in [0.2, 0.25) is 0 Å². The molecule has 1 saturated heterocycles. The van der Waals surface area contributed by atoms with E-state index in [1.807, 2.05) is 41.7 Å². The lowest BCUT2D eigenvalue weighted by Gasteiger charge is -2.36. The molecule has 0 amide bonds. The molecule has 5 atom stereocenters. The highest BCUT2D eigenvalue weighted by Crippen LogP contribution is 2.53. The first-order valence-electron chi connectivity index (χ1n) is 12.2. The summed E-state index contributed by atoms with van der Waals surface area (Å²) < 4.78 is 15.5. The van der Waals surface area contributed by atoms with Gasteiger partial charge in [-0.15, -0.1) is 23.4 Å². The molecule has 0 spiro atoms. The van der Waals surface area contributed by atoms with Gasteiger partial charge in [-0.3, -0.25) is 4.79 Å². The Hall–Kier alpha value is -1.25. The van der Waals surface area contributed by atoms with E-state index in [1.165, 1.54) is 31.0 Å². The molecule has 188 valence electrons. The molecule has 1 N–H and O–H groups in total. The van der Waals surface area contributed by atoms with E-state index < -0.39 is 27.6 Å². The number of nitrogens with zero attached hydrogens (tertiary/aromatic N) is 2. The first-order chi connectivity index (χ1) is 16.8. The van der Waals surface area contributed by atoms with Crippen LogP contribution in [0.25, 0.3) is 0 Å². The van der Waals surface area contributed by atoms with E-state index in [0.29, 0.717) is 17.4 Å². The van der Waals surface area contributed by atoms with Crippen LogP contribution in [0.5, 0.6) is 0 Å². The minimum Gasteiger partial charge on any atom is -0.481 e. The molecule has 4 unspecified atom stereocenters. The number of carboxylic acid groups (broad SMARTS) is 1. The van der Waals surface area contributed by atoms with E-state index in [-0.39, 0.29) is 11.3 Å². The molecular formula is C26H30Cl2N2O3S2. The predicted molar refractivity (Wildman–Crippen MR) is 145 cm³/mol. The van der Waals surface area contributed by atoms with E-state index in [0.717, 1.165) is 41.2 Å². The maximum absolute atomic E-state index is 14.0. The van der Waals surface area contributed by atoms with Gasteiger partial charge < -0.3 is 10.0 Å². The van der Waals surface area contributed by atoms with Gasteiger partial charge in [0.1, 0.15) is 11.0 Å². The fourth-order valence-electron chi connectivity index (χ4n) is 5.71. The summed E-state index contributed by atoms with van der Waals surface area (Å²) >= 11 is 14.6. The van der Waals surface area contributed by atoms with Crippen molar-refractivity contribution in [2.45, 2.75) is 59.4 Å². The molecule has 5 rings (SSSR count). The van der Waals surface area contributed by atoms with Crippen LogP contribution in [0.4, 0.5) is 11.4 Å². The molecule has 3 aliphatic rings. The molecule has 2 aromatic rings. The van der Waals surface area contributed by atoms with Crippen LogP contribution < -0.4 is 4.90 Å². The summed E-state index contributed by atoms with van der Waals surface area (Å²) in [6.07, 6.45) is 6.43. The van der Waals surface area contributed by atoms with Gasteiger partial charge in [0.25, 0.3) is 0 Å². The number of carboxylic acids is 1. The molecule has 35 heavy (non-hydrogen) atoms. The first-order valence-corrected chi connectivity index (χ1v) is 15.0. The van der Waals surface area contributed by atoms with E-state index >= 15 is 0 Å². The number of alkyl halides is 1. The van der Waals surface area contributed by atoms with Crippen LogP contribution in [-0.4, -0.2) is 43.9 Å². The number of carbonyl (C=O) groups is 1. The monoisotopic (exact) mass is 552 g/mol. The summed E-state index contributed by atoms with van der Waals surface area (Å²) in [6.45, 7) is 0.739. The van der Waals surface area contributed by atoms with Crippen LogP contribution in [0.2, 0.25) is 5.02 Å². The third kappa shape index (κ3) is 4.99. The quantitative estimate of drug-likeness (QED) is 0.420. The van der Waals surface area contributed by atoms with Crippen LogP contribution in [-0.2, 0) is 15.8 Å². The number of fused-ring (bicyclic) bond motifs is 1. The Morgan fingerprint density at radius 3 is 2.51 bits per heavy atom. The Morgan fingerprint density at radius 1 is 1.14 bits per heavy atom. The first kappa shape index (κ1) is 25.4. The van der Waals surface area contributed by atoms with Crippen molar-refractivity contribution in [3.8, 4) is 0 Å². The van der Waals surface area contributed by atoms with Crippen molar-refractivity contribution in [3.05, 3.63) is 53.1 Å². The van der Waals surface area contributed by atoms with E-state index in [9.17, 15) is 14.1 Å². The maximum Gasteiger partial charge on any atom is 0.308 e. The van der Waals surface area contributed by atoms with E-state index in [2.05, 4.69) is 17.0 Å². The van der Waals surface area contributed by atoms with Crippen molar-refractivity contribution in [2.75, 3.05) is 18.5 Å². The number of rotatable bonds is 4. The number of hydrogen-bond donors (Lipinski definition) is 1. The van der Waals surface area contributed by atoms with Gasteiger partial charge in [-0.25, -0.2) is 8.51 Å². The molecule has 2 heterocycles. The molecule has 0 radical (unpaired) electrons. The van der Waals surface area contributed by atoms with Gasteiger partial charge in [-0.1, -0.05) is 49.1 Å². The van der Waals surface area contributed by atoms with Gasteiger partial charge in [-0.2, -0.15) is 0 Å². The lowest BCUT2D eigenvalue weighted by Crippen LogP contribution is -2.44. The molecule has 2 aromatic carbocycles. The zero-order chi connectivity index (χ0) is 24.7. The van der Waals surface area contributed by atoms with Crippen molar-refractivity contribution in [3.63, 3.8) is 0 Å². The molecule has 5 nitrogen and oxygen atoms in total. The Kier molecular flexibility index (Phi) is 7.71. The highest BCUT2D eigenvalue weighted by molar-refractivity contribution is 8.01. The summed E-state index contributed by atoms with van der Waals surface area (Å²) in [5, 5.41) is 9.96. The topological polar surface area (TPSA) is 60.9 Å². The SMILES string of the molecule is CN1[C@H](C2CCCCC2)CN(c2ccccc2)c2cc(Cl)c(C3CC(C(=O)O)C(Cl)S3)cc2S1=O. The minimum absolute atomic E-state index is 0.149. The standard InChI is InChI=1S/C26H30Cl2N2O3S2/c1-29-22(16-8-4-2-5-9-16)15-30(17-10-6-3-7-11-17)21-14-20(27)18(13-24(21)35(29)33)23-12-19(26(31)32)25(28)34-23/h3,6-7,10-11,13-14,16,19,22-23,25H,2,4-5,8-9,12,15H2,1H3,(H,31,32)/t19?,22-,23?,25?,35?/m0/s1. The Balaban J connectivity index is 1.58. The highest BCUT2D eigenvalue weighted by Gasteiger charge is 2.42. The van der Waals surface area contributed by atoms with Crippen LogP contribution in [0.15, 0.2) is 47.4 Å². The second-order valence-corrected chi connectivity index (χ2v) is 13.7. The largest absolute Gasteiger partial charge is 0.481 e. The number of aliphatic carboxylic acids is 1. The molecule has 9 heteroatoms. The molecule has 1 saturated carbocycles. The molecule has 0 bridgehead atoms. The van der Waals surface area contributed by atoms with Crippen LogP contribution in [0.3, 0.4) is 0 Å². The minimum atomic E-state index is -1.37. The van der Waals surface area contributed by atoms with E-state index in [1.54, 1.807) is 0 Å². The number of likely N-dealkylation sites (N-methyl/N-ethyl adjacent to an activating group) is 1. The van der Waals surface area contributed by atoms with Crippen LogP contribution in [0.1, 0.15) is 49.3 Å². The average molecular weight is 554 g/mol. The lowest BCUT2D eigenvalue weighted by molar-refractivity contribution is -0.141. The third-order valence-electron chi connectivity index (χ3n) is 7.66. The van der Waals surface area contributed by atoms with Crippen molar-refractivity contribution in [1.29, 1.82) is 0 Å². The highest BCUT2D eigenvalue weighted by atomic mass is 35.5. The zero-order valence-electron chi connectivity index (χ0n) is 19.6. The van der Waals surface area contributed by atoms with Gasteiger partial charge in [0, 0.05) is 35.6 Å². The molecular weight excluding hydrogens is 523 g/mol.